The van der Waals surface area contributed by atoms with Gasteiger partial charge < -0.3 is 4.57 Å². The van der Waals surface area contributed by atoms with Crippen LogP contribution in [0.3, 0.4) is 0 Å². The first kappa shape index (κ1) is 19.0. The maximum absolute atomic E-state index is 13.1. The Morgan fingerprint density at radius 3 is 2.67 bits per heavy atom. The van der Waals surface area contributed by atoms with Crippen molar-refractivity contribution in [2.75, 3.05) is 0 Å². The monoisotopic (exact) mass is 429 g/mol. The summed E-state index contributed by atoms with van der Waals surface area (Å²) in [6, 6.07) is 18.7. The van der Waals surface area contributed by atoms with E-state index in [9.17, 15) is 4.79 Å². The summed E-state index contributed by atoms with van der Waals surface area (Å²) in [6.45, 7) is 2.87. The van der Waals surface area contributed by atoms with Crippen molar-refractivity contribution in [2.24, 2.45) is 0 Å². The lowest BCUT2D eigenvalue weighted by atomic mass is 10.0. The molecule has 0 bridgehead atoms. The van der Waals surface area contributed by atoms with Crippen LogP contribution in [0.5, 0.6) is 0 Å². The van der Waals surface area contributed by atoms with Crippen molar-refractivity contribution in [2.45, 2.75) is 19.4 Å². The van der Waals surface area contributed by atoms with Crippen LogP contribution in [0.15, 0.2) is 71.1 Å². The van der Waals surface area contributed by atoms with E-state index in [0.717, 1.165) is 28.7 Å². The van der Waals surface area contributed by atoms with Gasteiger partial charge in [-0.05, 0) is 24.6 Å². The van der Waals surface area contributed by atoms with Crippen molar-refractivity contribution in [3.8, 4) is 0 Å². The van der Waals surface area contributed by atoms with Gasteiger partial charge in [0, 0.05) is 40.3 Å². The molecule has 0 amide bonds. The van der Waals surface area contributed by atoms with Crippen LogP contribution in [-0.4, -0.2) is 20.4 Å². The predicted octanol–water partition coefficient (Wildman–Crippen LogP) is 5.87. The van der Waals surface area contributed by atoms with Gasteiger partial charge in [-0.1, -0.05) is 60.3 Å². The number of rotatable bonds is 4. The first-order valence-electron chi connectivity index (χ1n) is 9.67. The van der Waals surface area contributed by atoms with Gasteiger partial charge in [0.2, 0.25) is 0 Å². The maximum atomic E-state index is 13.1. The molecule has 148 valence electrons. The highest BCUT2D eigenvalue weighted by Crippen LogP contribution is 2.42. The third kappa shape index (κ3) is 3.22. The van der Waals surface area contributed by atoms with Gasteiger partial charge in [0.25, 0.3) is 0 Å². The van der Waals surface area contributed by atoms with E-state index in [-0.39, 0.29) is 5.78 Å². The number of nitrogens with one attached hydrogen (secondary N) is 1. The quantitative estimate of drug-likeness (QED) is 0.413. The number of hydrogen-bond donors (Lipinski definition) is 1. The molecule has 0 aliphatic carbocycles. The average molecular weight is 430 g/mol. The molecular weight excluding hydrogens is 410 g/mol. The van der Waals surface area contributed by atoms with Crippen molar-refractivity contribution >= 4 is 50.9 Å². The molecule has 1 unspecified atom stereocenters. The number of ketones is 1. The number of thioether (sulfide) groups is 1. The van der Waals surface area contributed by atoms with Crippen LogP contribution in [0.25, 0.3) is 17.0 Å². The van der Waals surface area contributed by atoms with Gasteiger partial charge in [-0.3, -0.25) is 10.2 Å². The van der Waals surface area contributed by atoms with E-state index in [1.165, 1.54) is 28.7 Å². The molecule has 3 heterocycles. The molecular formula is C24H19N3OS2. The van der Waals surface area contributed by atoms with Crippen LogP contribution in [0.2, 0.25) is 0 Å². The first-order valence-corrected chi connectivity index (χ1v) is 11.4. The number of aromatic nitrogens is 2. The summed E-state index contributed by atoms with van der Waals surface area (Å²) < 4.78 is 2.30. The molecule has 1 saturated heterocycles. The minimum atomic E-state index is -0.556. The Kier molecular flexibility index (Phi) is 4.89. The zero-order chi connectivity index (χ0) is 20.7. The number of benzene rings is 2. The zero-order valence-corrected chi connectivity index (χ0v) is 18.0. The minimum absolute atomic E-state index is 0.0285. The van der Waals surface area contributed by atoms with Crippen LogP contribution in [0, 0.1) is 12.3 Å². The van der Waals surface area contributed by atoms with Crippen molar-refractivity contribution < 1.29 is 4.79 Å². The van der Waals surface area contributed by atoms with Crippen LogP contribution < -0.4 is 0 Å². The Bertz CT molecular complexity index is 1290. The van der Waals surface area contributed by atoms with E-state index < -0.39 is 5.92 Å². The number of allylic oxidation sites excluding steroid dienone is 1. The van der Waals surface area contributed by atoms with Crippen LogP contribution >= 0.6 is 23.1 Å². The minimum Gasteiger partial charge on any atom is -0.340 e. The van der Waals surface area contributed by atoms with Gasteiger partial charge in [0.05, 0.1) is 9.95 Å². The third-order valence-corrected chi connectivity index (χ3v) is 7.26. The number of nitrogens with zero attached hydrogens (tertiary/aromatic N) is 2. The molecule has 30 heavy (non-hydrogen) atoms. The number of Topliss-reactive ketones (excluding diaryl/α,β-unsaturated/α-hetero) is 1. The Morgan fingerprint density at radius 1 is 1.13 bits per heavy atom. The molecule has 1 atom stereocenters. The molecule has 1 N–H and O–H groups in total. The molecule has 6 heteroatoms. The standard InChI is InChI=1S/C24H19N3OS2/c1-15-18(13-20-22(28)21(23(25)30-20)24-26-11-12-29-24)17-9-5-6-10-19(17)27(15)14-16-7-3-2-4-8-16/h2-13,21,25H,14H2,1H3. The maximum Gasteiger partial charge on any atom is 0.186 e. The molecule has 1 aliphatic rings. The van der Waals surface area contributed by atoms with Crippen molar-refractivity contribution in [1.82, 2.24) is 9.55 Å². The summed E-state index contributed by atoms with van der Waals surface area (Å²) in [4.78, 5) is 18.0. The summed E-state index contributed by atoms with van der Waals surface area (Å²) in [5.41, 5.74) is 4.54. The van der Waals surface area contributed by atoms with E-state index in [4.69, 9.17) is 5.41 Å². The highest BCUT2D eigenvalue weighted by Gasteiger charge is 2.38. The van der Waals surface area contributed by atoms with E-state index in [1.54, 1.807) is 6.20 Å². The van der Waals surface area contributed by atoms with Crippen LogP contribution in [0.1, 0.15) is 27.7 Å². The topological polar surface area (TPSA) is 58.7 Å². The highest BCUT2D eigenvalue weighted by atomic mass is 32.2. The lowest BCUT2D eigenvalue weighted by molar-refractivity contribution is -0.114. The molecule has 4 nitrogen and oxygen atoms in total. The van der Waals surface area contributed by atoms with Gasteiger partial charge in [0.1, 0.15) is 10.9 Å². The van der Waals surface area contributed by atoms with Gasteiger partial charge in [-0.15, -0.1) is 11.3 Å². The normalized spacial score (nSPS) is 18.0. The van der Waals surface area contributed by atoms with Gasteiger partial charge in [-0.25, -0.2) is 4.98 Å². The molecule has 2 aromatic heterocycles. The molecule has 0 saturated carbocycles. The smallest absolute Gasteiger partial charge is 0.186 e. The fourth-order valence-corrected chi connectivity index (χ4v) is 5.72. The number of carbonyl (C=O) groups is 1. The van der Waals surface area contributed by atoms with Crippen LogP contribution in [-0.2, 0) is 11.3 Å². The van der Waals surface area contributed by atoms with Gasteiger partial charge in [0.15, 0.2) is 5.78 Å². The molecule has 0 radical (unpaired) electrons. The number of carbonyl (C=O) groups excluding carboxylic acids is 1. The lowest BCUT2D eigenvalue weighted by Crippen LogP contribution is -2.11. The number of hydrogen-bond acceptors (Lipinski definition) is 5. The SMILES string of the molecule is Cc1c(C=C2SC(=N)C(c3nccs3)C2=O)c2ccccc2n1Cc1ccccc1. The van der Waals surface area contributed by atoms with Gasteiger partial charge in [-0.2, -0.15) is 0 Å². The van der Waals surface area contributed by atoms with E-state index in [2.05, 4.69) is 52.9 Å². The predicted molar refractivity (Wildman–Crippen MR) is 125 cm³/mol. The largest absolute Gasteiger partial charge is 0.340 e. The third-order valence-electron chi connectivity index (χ3n) is 5.42. The molecule has 5 rings (SSSR count). The second-order valence-corrected chi connectivity index (χ2v) is 9.24. The van der Waals surface area contributed by atoms with Crippen LogP contribution in [0.4, 0.5) is 0 Å². The number of thiazole rings is 1. The van der Waals surface area contributed by atoms with E-state index in [0.29, 0.717) is 15.0 Å². The zero-order valence-electron chi connectivity index (χ0n) is 16.3. The Balaban J connectivity index is 1.59. The Hall–Kier alpha value is -2.96. The summed E-state index contributed by atoms with van der Waals surface area (Å²) in [5, 5.41) is 12.4. The molecule has 2 aromatic carbocycles. The molecule has 0 spiro atoms. The summed E-state index contributed by atoms with van der Waals surface area (Å²) >= 11 is 2.69. The van der Waals surface area contributed by atoms with Crippen molar-refractivity contribution in [3.63, 3.8) is 0 Å². The number of fused-ring (bicyclic) bond motifs is 1. The number of para-hydroxylation sites is 1. The Labute approximate surface area is 182 Å². The first-order chi connectivity index (χ1) is 14.6. The average Bonchev–Trinajstić information content (AvgIpc) is 3.44. The second kappa shape index (κ2) is 7.70. The fourth-order valence-electron chi connectivity index (χ4n) is 3.93. The molecule has 1 aliphatic heterocycles. The lowest BCUT2D eigenvalue weighted by Gasteiger charge is -2.08. The summed E-state index contributed by atoms with van der Waals surface area (Å²) in [7, 11) is 0. The van der Waals surface area contributed by atoms with Crippen molar-refractivity contribution in [3.05, 3.63) is 92.9 Å². The van der Waals surface area contributed by atoms with Crippen molar-refractivity contribution in [1.29, 1.82) is 5.41 Å². The fraction of sp³-hybridized carbons (Fsp3) is 0.125. The van der Waals surface area contributed by atoms with Gasteiger partial charge >= 0.3 is 0 Å². The van der Waals surface area contributed by atoms with E-state index in [1.807, 2.05) is 29.7 Å². The molecule has 4 aromatic rings. The summed E-state index contributed by atoms with van der Waals surface area (Å²) in [6.07, 6.45) is 3.66. The highest BCUT2D eigenvalue weighted by molar-refractivity contribution is 8.19. The molecule has 1 fully saturated rings. The second-order valence-electron chi connectivity index (χ2n) is 7.23. The Morgan fingerprint density at radius 2 is 1.90 bits per heavy atom. The van der Waals surface area contributed by atoms with E-state index >= 15 is 0 Å². The summed E-state index contributed by atoms with van der Waals surface area (Å²) in [5.74, 6) is -0.585.